The molecule has 3 nitrogen and oxygen atoms in total. The first-order valence-corrected chi connectivity index (χ1v) is 7.26. The number of halogens is 1. The van der Waals surface area contributed by atoms with Crippen molar-refractivity contribution in [3.05, 3.63) is 64.1 Å². The van der Waals surface area contributed by atoms with Crippen molar-refractivity contribution in [1.29, 1.82) is 0 Å². The molecule has 0 bridgehead atoms. The average molecular weight is 333 g/mol. The van der Waals surface area contributed by atoms with Crippen molar-refractivity contribution >= 4 is 27.5 Å². The van der Waals surface area contributed by atoms with Crippen molar-refractivity contribution in [2.75, 3.05) is 11.9 Å². The van der Waals surface area contributed by atoms with Crippen LogP contribution >= 0.6 is 15.9 Å². The van der Waals surface area contributed by atoms with E-state index in [1.54, 1.807) is 0 Å². The van der Waals surface area contributed by atoms with Crippen LogP contribution in [0, 0.1) is 6.92 Å². The molecule has 0 spiro atoms. The zero-order valence-electron chi connectivity index (χ0n) is 11.3. The number of anilines is 1. The fourth-order valence-corrected chi connectivity index (χ4v) is 2.27. The number of hydrogen-bond donors (Lipinski definition) is 2. The number of nitrogens with one attached hydrogen (secondary N) is 2. The minimum Gasteiger partial charge on any atom is -0.375 e. The lowest BCUT2D eigenvalue weighted by Gasteiger charge is -2.10. The lowest BCUT2D eigenvalue weighted by molar-refractivity contribution is -0.119. The molecule has 104 valence electrons. The predicted molar refractivity (Wildman–Crippen MR) is 85.7 cm³/mol. The van der Waals surface area contributed by atoms with E-state index >= 15 is 0 Å². The summed E-state index contributed by atoms with van der Waals surface area (Å²) in [5.41, 5.74) is 3.24. The summed E-state index contributed by atoms with van der Waals surface area (Å²) in [6.45, 7) is 2.86. The lowest BCUT2D eigenvalue weighted by atomic mass is 10.1. The summed E-state index contributed by atoms with van der Waals surface area (Å²) >= 11 is 3.44. The summed E-state index contributed by atoms with van der Waals surface area (Å²) in [5.74, 6) is -0.0241. The van der Waals surface area contributed by atoms with Crippen LogP contribution in [-0.4, -0.2) is 12.5 Å². The zero-order valence-corrected chi connectivity index (χ0v) is 12.9. The molecule has 0 aliphatic rings. The molecule has 0 aliphatic carbocycles. The molecule has 0 unspecified atom stereocenters. The van der Waals surface area contributed by atoms with Gasteiger partial charge in [-0.1, -0.05) is 36.4 Å². The topological polar surface area (TPSA) is 41.1 Å². The monoisotopic (exact) mass is 332 g/mol. The molecule has 0 atom stereocenters. The van der Waals surface area contributed by atoms with Crippen molar-refractivity contribution in [3.63, 3.8) is 0 Å². The van der Waals surface area contributed by atoms with Gasteiger partial charge >= 0.3 is 0 Å². The van der Waals surface area contributed by atoms with E-state index in [4.69, 9.17) is 0 Å². The van der Waals surface area contributed by atoms with Crippen LogP contribution in [0.5, 0.6) is 0 Å². The second-order valence-corrected chi connectivity index (χ2v) is 5.39. The summed E-state index contributed by atoms with van der Waals surface area (Å²) in [6.07, 6.45) is 0. The number of benzene rings is 2. The van der Waals surface area contributed by atoms with E-state index in [9.17, 15) is 4.79 Å². The first kappa shape index (κ1) is 14.6. The van der Waals surface area contributed by atoms with E-state index in [-0.39, 0.29) is 12.5 Å². The van der Waals surface area contributed by atoms with Crippen LogP contribution in [0.15, 0.2) is 53.0 Å². The molecule has 2 aromatic rings. The fourth-order valence-electron chi connectivity index (χ4n) is 1.84. The number of carbonyl (C=O) groups excluding carboxylic acids is 1. The van der Waals surface area contributed by atoms with Crippen molar-refractivity contribution in [2.45, 2.75) is 13.5 Å². The summed E-state index contributed by atoms with van der Waals surface area (Å²) in [7, 11) is 0. The van der Waals surface area contributed by atoms with Gasteiger partial charge in [-0.25, -0.2) is 0 Å². The van der Waals surface area contributed by atoms with Gasteiger partial charge < -0.3 is 10.6 Å². The third-order valence-corrected chi connectivity index (χ3v) is 3.74. The predicted octanol–water partition coefficient (Wildman–Crippen LogP) is 3.49. The Kier molecular flexibility index (Phi) is 5.18. The molecule has 2 aromatic carbocycles. The van der Waals surface area contributed by atoms with Gasteiger partial charge in [-0.05, 0) is 46.1 Å². The van der Waals surface area contributed by atoms with Gasteiger partial charge in [0.25, 0.3) is 0 Å². The molecule has 0 radical (unpaired) electrons. The Bertz CT molecular complexity index is 547. The molecule has 0 aliphatic heterocycles. The van der Waals surface area contributed by atoms with E-state index in [0.717, 1.165) is 15.7 Å². The number of hydrogen-bond acceptors (Lipinski definition) is 2. The normalized spacial score (nSPS) is 10.1. The van der Waals surface area contributed by atoms with Crippen LogP contribution in [0.25, 0.3) is 0 Å². The van der Waals surface area contributed by atoms with Gasteiger partial charge in [0, 0.05) is 16.7 Å². The van der Waals surface area contributed by atoms with Crippen LogP contribution in [-0.2, 0) is 11.3 Å². The maximum absolute atomic E-state index is 11.8. The highest BCUT2D eigenvalue weighted by molar-refractivity contribution is 9.10. The van der Waals surface area contributed by atoms with Gasteiger partial charge in [0.05, 0.1) is 6.54 Å². The zero-order chi connectivity index (χ0) is 14.4. The van der Waals surface area contributed by atoms with Crippen molar-refractivity contribution in [3.8, 4) is 0 Å². The number of amides is 1. The first-order chi connectivity index (χ1) is 9.66. The van der Waals surface area contributed by atoms with E-state index < -0.39 is 0 Å². The Morgan fingerprint density at radius 1 is 1.10 bits per heavy atom. The molecule has 0 aromatic heterocycles. The summed E-state index contributed by atoms with van der Waals surface area (Å²) in [6, 6.07) is 15.8. The van der Waals surface area contributed by atoms with Gasteiger partial charge in [-0.15, -0.1) is 0 Å². The summed E-state index contributed by atoms with van der Waals surface area (Å²) in [5, 5.41) is 6.02. The number of aryl methyl sites for hydroxylation is 1. The minimum atomic E-state index is -0.0241. The fraction of sp³-hybridized carbons (Fsp3) is 0.188. The van der Waals surface area contributed by atoms with E-state index in [0.29, 0.717) is 6.54 Å². The highest BCUT2D eigenvalue weighted by Crippen LogP contribution is 2.20. The maximum atomic E-state index is 11.8. The second-order valence-electron chi connectivity index (χ2n) is 4.54. The second kappa shape index (κ2) is 7.10. The number of para-hydroxylation sites is 1. The van der Waals surface area contributed by atoms with E-state index in [1.165, 1.54) is 5.56 Å². The Morgan fingerprint density at radius 3 is 2.55 bits per heavy atom. The van der Waals surface area contributed by atoms with Crippen LogP contribution < -0.4 is 10.6 Å². The highest BCUT2D eigenvalue weighted by atomic mass is 79.9. The van der Waals surface area contributed by atoms with Crippen molar-refractivity contribution in [2.24, 2.45) is 0 Å². The molecule has 4 heteroatoms. The molecule has 2 N–H and O–H groups in total. The van der Waals surface area contributed by atoms with Crippen molar-refractivity contribution in [1.82, 2.24) is 5.32 Å². The molecule has 1 amide bonds. The number of rotatable bonds is 5. The minimum absolute atomic E-state index is 0.0241. The van der Waals surface area contributed by atoms with Crippen LogP contribution in [0.1, 0.15) is 11.1 Å². The standard InChI is InChI=1S/C16H17BrN2O/c1-12-6-2-3-7-13(12)10-19-16(20)11-18-15-9-5-4-8-14(15)17/h2-9,18H,10-11H2,1H3,(H,19,20). The summed E-state index contributed by atoms with van der Waals surface area (Å²) < 4.78 is 0.951. The van der Waals surface area contributed by atoms with Crippen LogP contribution in [0.4, 0.5) is 5.69 Å². The molecule has 0 heterocycles. The van der Waals surface area contributed by atoms with E-state index in [2.05, 4.69) is 26.6 Å². The molecule has 2 rings (SSSR count). The maximum Gasteiger partial charge on any atom is 0.239 e. The first-order valence-electron chi connectivity index (χ1n) is 6.46. The SMILES string of the molecule is Cc1ccccc1CNC(=O)CNc1ccccc1Br. The van der Waals surface area contributed by atoms with Gasteiger partial charge in [0.15, 0.2) is 0 Å². The molecular formula is C16H17BrN2O. The largest absolute Gasteiger partial charge is 0.375 e. The van der Waals surface area contributed by atoms with Crippen molar-refractivity contribution < 1.29 is 4.79 Å². The van der Waals surface area contributed by atoms with E-state index in [1.807, 2.05) is 55.5 Å². The third kappa shape index (κ3) is 4.10. The Hall–Kier alpha value is -1.81. The van der Waals surface area contributed by atoms with Gasteiger partial charge in [-0.3, -0.25) is 4.79 Å². The molecule has 20 heavy (non-hydrogen) atoms. The molecule has 0 saturated heterocycles. The third-order valence-electron chi connectivity index (χ3n) is 3.05. The Labute approximate surface area is 127 Å². The molecule has 0 saturated carbocycles. The summed E-state index contributed by atoms with van der Waals surface area (Å²) in [4.78, 5) is 11.8. The van der Waals surface area contributed by atoms with Gasteiger partial charge in [0.2, 0.25) is 5.91 Å². The Balaban J connectivity index is 1.82. The highest BCUT2D eigenvalue weighted by Gasteiger charge is 2.04. The average Bonchev–Trinajstić information content (AvgIpc) is 2.45. The van der Waals surface area contributed by atoms with Gasteiger partial charge in [-0.2, -0.15) is 0 Å². The van der Waals surface area contributed by atoms with Gasteiger partial charge in [0.1, 0.15) is 0 Å². The van der Waals surface area contributed by atoms with Crippen LogP contribution in [0.2, 0.25) is 0 Å². The number of carbonyl (C=O) groups is 1. The quantitative estimate of drug-likeness (QED) is 0.879. The lowest BCUT2D eigenvalue weighted by Crippen LogP contribution is -2.29. The van der Waals surface area contributed by atoms with Crippen LogP contribution in [0.3, 0.4) is 0 Å². The smallest absolute Gasteiger partial charge is 0.239 e. The molecular weight excluding hydrogens is 316 g/mol. The Morgan fingerprint density at radius 2 is 1.80 bits per heavy atom. The molecule has 0 fully saturated rings.